The number of halogens is 3. The van der Waals surface area contributed by atoms with Crippen LogP contribution in [0, 0.1) is 0 Å². The molecule has 0 saturated heterocycles. The quantitative estimate of drug-likeness (QED) is 0.737. The monoisotopic (exact) mass is 190 g/mol. The van der Waals surface area contributed by atoms with Crippen molar-refractivity contribution in [2.24, 2.45) is 0 Å². The molecule has 0 aromatic carbocycles. The zero-order chi connectivity index (χ0) is 10.1. The second-order valence-corrected chi connectivity index (χ2v) is 2.63. The molecule has 0 aliphatic rings. The van der Waals surface area contributed by atoms with Crippen molar-refractivity contribution in [2.75, 3.05) is 5.73 Å². The Morgan fingerprint density at radius 1 is 1.38 bits per heavy atom. The summed E-state index contributed by atoms with van der Waals surface area (Å²) in [4.78, 5) is 3.42. The first-order valence-corrected chi connectivity index (χ1v) is 3.77. The minimum absolute atomic E-state index is 0.0965. The summed E-state index contributed by atoms with van der Waals surface area (Å²) in [5.41, 5.74) is 4.82. The summed E-state index contributed by atoms with van der Waals surface area (Å²) in [6, 6.07) is 2.27. The molecule has 0 fully saturated rings. The highest BCUT2D eigenvalue weighted by molar-refractivity contribution is 5.41. The van der Waals surface area contributed by atoms with Gasteiger partial charge in [-0.2, -0.15) is 13.2 Å². The van der Waals surface area contributed by atoms with E-state index in [-0.39, 0.29) is 5.69 Å². The molecule has 1 aromatic rings. The molecule has 1 heterocycles. The number of rotatable bonds is 1. The van der Waals surface area contributed by atoms with Crippen LogP contribution in [-0.2, 0) is 12.6 Å². The maximum Gasteiger partial charge on any atom is 0.433 e. The first-order chi connectivity index (χ1) is 5.93. The Kier molecular flexibility index (Phi) is 2.45. The molecule has 0 atom stereocenters. The number of nitrogen functional groups attached to an aromatic ring is 1. The zero-order valence-corrected chi connectivity index (χ0v) is 7.02. The Hall–Kier alpha value is -1.26. The van der Waals surface area contributed by atoms with Crippen molar-refractivity contribution in [2.45, 2.75) is 19.5 Å². The summed E-state index contributed by atoms with van der Waals surface area (Å²) >= 11 is 0. The summed E-state index contributed by atoms with van der Waals surface area (Å²) < 4.78 is 36.5. The predicted molar refractivity (Wildman–Crippen MR) is 43.0 cm³/mol. The van der Waals surface area contributed by atoms with Crippen LogP contribution in [0.15, 0.2) is 12.1 Å². The Labute approximate surface area is 73.6 Å². The van der Waals surface area contributed by atoms with Crippen molar-refractivity contribution in [1.29, 1.82) is 0 Å². The van der Waals surface area contributed by atoms with Crippen LogP contribution < -0.4 is 5.73 Å². The van der Waals surface area contributed by atoms with Gasteiger partial charge < -0.3 is 5.73 Å². The number of pyridine rings is 1. The number of nitrogens with zero attached hydrogens (tertiary/aromatic N) is 1. The molecule has 1 rings (SSSR count). The minimum Gasteiger partial charge on any atom is -0.399 e. The van der Waals surface area contributed by atoms with E-state index in [0.29, 0.717) is 12.1 Å². The third-order valence-electron chi connectivity index (χ3n) is 1.55. The van der Waals surface area contributed by atoms with Gasteiger partial charge in [0.1, 0.15) is 5.69 Å². The van der Waals surface area contributed by atoms with Gasteiger partial charge in [0.05, 0.1) is 0 Å². The fourth-order valence-electron chi connectivity index (χ4n) is 0.938. The van der Waals surface area contributed by atoms with Crippen molar-refractivity contribution >= 4 is 5.69 Å². The van der Waals surface area contributed by atoms with Crippen LogP contribution in [0.2, 0.25) is 0 Å². The number of hydrogen-bond donors (Lipinski definition) is 1. The van der Waals surface area contributed by atoms with E-state index >= 15 is 0 Å². The minimum atomic E-state index is -4.42. The summed E-state index contributed by atoms with van der Waals surface area (Å²) in [5, 5.41) is 0. The van der Waals surface area contributed by atoms with Gasteiger partial charge in [0.25, 0.3) is 0 Å². The lowest BCUT2D eigenvalue weighted by Gasteiger charge is -2.07. The zero-order valence-electron chi connectivity index (χ0n) is 7.02. The van der Waals surface area contributed by atoms with Gasteiger partial charge in [0.15, 0.2) is 0 Å². The van der Waals surface area contributed by atoms with Crippen molar-refractivity contribution in [3.8, 4) is 0 Å². The fraction of sp³-hybridized carbons (Fsp3) is 0.375. The van der Waals surface area contributed by atoms with Gasteiger partial charge in [-0.15, -0.1) is 0 Å². The Bertz CT molecular complexity index is 307. The molecular weight excluding hydrogens is 181 g/mol. The van der Waals surface area contributed by atoms with Gasteiger partial charge in [-0.05, 0) is 18.6 Å². The fourth-order valence-corrected chi connectivity index (χ4v) is 0.938. The Balaban J connectivity index is 3.16. The number of aryl methyl sites for hydroxylation is 1. The molecule has 2 nitrogen and oxygen atoms in total. The summed E-state index contributed by atoms with van der Waals surface area (Å²) in [6.45, 7) is 1.72. The van der Waals surface area contributed by atoms with Crippen LogP contribution in [0.4, 0.5) is 18.9 Å². The highest BCUT2D eigenvalue weighted by Crippen LogP contribution is 2.28. The van der Waals surface area contributed by atoms with Crippen LogP contribution in [-0.4, -0.2) is 4.98 Å². The van der Waals surface area contributed by atoms with E-state index in [1.54, 1.807) is 6.92 Å². The van der Waals surface area contributed by atoms with Gasteiger partial charge in [-0.25, -0.2) is 4.98 Å². The van der Waals surface area contributed by atoms with Crippen molar-refractivity contribution in [3.63, 3.8) is 0 Å². The number of alkyl halides is 3. The smallest absolute Gasteiger partial charge is 0.399 e. The third kappa shape index (κ3) is 2.34. The standard InChI is InChI=1S/C8H9F3N2/c1-2-6-3-5(12)4-7(13-6)8(9,10)11/h3-4H,2H2,1H3,(H2,12,13). The van der Waals surface area contributed by atoms with Gasteiger partial charge >= 0.3 is 6.18 Å². The van der Waals surface area contributed by atoms with E-state index in [1.807, 2.05) is 0 Å². The lowest BCUT2D eigenvalue weighted by Crippen LogP contribution is -2.10. The summed E-state index contributed by atoms with van der Waals surface area (Å²) in [5.74, 6) is 0. The molecule has 0 amide bonds. The average molecular weight is 190 g/mol. The molecule has 0 spiro atoms. The molecule has 5 heteroatoms. The molecule has 13 heavy (non-hydrogen) atoms. The van der Waals surface area contributed by atoms with Crippen molar-refractivity contribution in [1.82, 2.24) is 4.98 Å². The van der Waals surface area contributed by atoms with E-state index in [2.05, 4.69) is 4.98 Å². The maximum atomic E-state index is 12.2. The number of anilines is 1. The SMILES string of the molecule is CCc1cc(N)cc(C(F)(F)F)n1. The Morgan fingerprint density at radius 2 is 2.00 bits per heavy atom. The molecule has 0 bridgehead atoms. The molecule has 0 saturated carbocycles. The first kappa shape index (κ1) is 9.83. The molecule has 0 unspecified atom stereocenters. The Morgan fingerprint density at radius 3 is 2.46 bits per heavy atom. The second kappa shape index (κ2) is 3.24. The molecule has 0 radical (unpaired) electrons. The van der Waals surface area contributed by atoms with Crippen LogP contribution in [0.3, 0.4) is 0 Å². The van der Waals surface area contributed by atoms with Crippen LogP contribution in [0.25, 0.3) is 0 Å². The van der Waals surface area contributed by atoms with Crippen molar-refractivity contribution < 1.29 is 13.2 Å². The van der Waals surface area contributed by atoms with E-state index in [1.165, 1.54) is 6.07 Å². The molecular formula is C8H9F3N2. The molecule has 1 aromatic heterocycles. The van der Waals surface area contributed by atoms with E-state index in [0.717, 1.165) is 6.07 Å². The maximum absolute atomic E-state index is 12.2. The second-order valence-electron chi connectivity index (χ2n) is 2.63. The van der Waals surface area contributed by atoms with Crippen LogP contribution >= 0.6 is 0 Å². The summed E-state index contributed by atoms with van der Waals surface area (Å²) in [6.07, 6.45) is -3.98. The van der Waals surface area contributed by atoms with Crippen LogP contribution in [0.1, 0.15) is 18.3 Å². The van der Waals surface area contributed by atoms with E-state index < -0.39 is 11.9 Å². The number of nitrogens with two attached hydrogens (primary N) is 1. The lowest BCUT2D eigenvalue weighted by molar-refractivity contribution is -0.141. The van der Waals surface area contributed by atoms with Gasteiger partial charge in [-0.3, -0.25) is 0 Å². The average Bonchev–Trinajstić information content (AvgIpc) is 2.01. The third-order valence-corrected chi connectivity index (χ3v) is 1.55. The predicted octanol–water partition coefficient (Wildman–Crippen LogP) is 2.25. The van der Waals surface area contributed by atoms with Crippen molar-refractivity contribution in [3.05, 3.63) is 23.5 Å². The molecule has 72 valence electrons. The van der Waals surface area contributed by atoms with Gasteiger partial charge in [0, 0.05) is 11.4 Å². The normalized spacial score (nSPS) is 11.7. The number of hydrogen-bond acceptors (Lipinski definition) is 2. The molecule has 0 aliphatic carbocycles. The highest BCUT2D eigenvalue weighted by Gasteiger charge is 2.32. The topological polar surface area (TPSA) is 38.9 Å². The van der Waals surface area contributed by atoms with E-state index in [4.69, 9.17) is 5.73 Å². The first-order valence-electron chi connectivity index (χ1n) is 3.77. The number of aromatic nitrogens is 1. The van der Waals surface area contributed by atoms with Gasteiger partial charge in [-0.1, -0.05) is 6.92 Å². The molecule has 0 aliphatic heterocycles. The van der Waals surface area contributed by atoms with Crippen LogP contribution in [0.5, 0.6) is 0 Å². The largest absolute Gasteiger partial charge is 0.433 e. The highest BCUT2D eigenvalue weighted by atomic mass is 19.4. The molecule has 2 N–H and O–H groups in total. The lowest BCUT2D eigenvalue weighted by atomic mass is 10.2. The van der Waals surface area contributed by atoms with Gasteiger partial charge in [0.2, 0.25) is 0 Å². The van der Waals surface area contributed by atoms with E-state index in [9.17, 15) is 13.2 Å². The summed E-state index contributed by atoms with van der Waals surface area (Å²) in [7, 11) is 0.